The van der Waals surface area contributed by atoms with E-state index in [1.807, 2.05) is 6.20 Å². The van der Waals surface area contributed by atoms with Crippen LogP contribution in [-0.2, 0) is 0 Å². The highest BCUT2D eigenvalue weighted by Crippen LogP contribution is 2.29. The van der Waals surface area contributed by atoms with Crippen molar-refractivity contribution in [2.45, 2.75) is 0 Å². The van der Waals surface area contributed by atoms with Crippen LogP contribution in [0.2, 0.25) is 0 Å². The molecular weight excluding hydrogens is 94.1 g/mol. The minimum Gasteiger partial charge on any atom is -0.249 e. The molecule has 2 aliphatic rings. The lowest BCUT2D eigenvalue weighted by Crippen LogP contribution is -1.77. The summed E-state index contributed by atoms with van der Waals surface area (Å²) in [5.41, 5.74) is 0. The fourth-order valence-corrected chi connectivity index (χ4v) is 1.12. The van der Waals surface area contributed by atoms with E-state index in [0.717, 1.165) is 0 Å². The Morgan fingerprint density at radius 2 is 2.50 bits per heavy atom. The molecule has 0 atom stereocenters. The topological polar surface area (TPSA) is 12.9 Å². The van der Waals surface area contributed by atoms with E-state index in [4.69, 9.17) is 0 Å². The van der Waals surface area contributed by atoms with E-state index >= 15 is 0 Å². The summed E-state index contributed by atoms with van der Waals surface area (Å²) in [5.74, 6) is 0. The van der Waals surface area contributed by atoms with Gasteiger partial charge in [0.2, 0.25) is 0 Å². The fourth-order valence-electron chi connectivity index (χ4n) is 0.498. The fraction of sp³-hybridized carbons (Fsp3) is 0. The van der Waals surface area contributed by atoms with E-state index in [9.17, 15) is 0 Å². The first-order chi connectivity index (χ1) is 2.95. The van der Waals surface area contributed by atoms with Gasteiger partial charge in [-0.3, -0.25) is 0 Å². The zero-order chi connectivity index (χ0) is 3.98. The summed E-state index contributed by atoms with van der Waals surface area (Å²) in [6, 6.07) is 0. The van der Waals surface area contributed by atoms with Gasteiger partial charge in [-0.05, 0) is 0 Å². The predicted molar refractivity (Wildman–Crippen MR) is 24.6 cm³/mol. The summed E-state index contributed by atoms with van der Waals surface area (Å²) < 4.78 is 0. The molecule has 3 heterocycles. The van der Waals surface area contributed by atoms with Gasteiger partial charge in [0, 0.05) is 11.1 Å². The highest BCUT2D eigenvalue weighted by Gasteiger charge is 2.12. The van der Waals surface area contributed by atoms with Crippen molar-refractivity contribution in [3.05, 3.63) is 22.5 Å². The van der Waals surface area contributed by atoms with Crippen molar-refractivity contribution >= 4 is 11.3 Å². The summed E-state index contributed by atoms with van der Waals surface area (Å²) in [5, 5.41) is 1.17. The lowest BCUT2D eigenvalue weighted by atomic mass is 10.4. The molecular formula is C4H2NS. The van der Waals surface area contributed by atoms with Crippen molar-refractivity contribution in [3.63, 3.8) is 0 Å². The van der Waals surface area contributed by atoms with Crippen LogP contribution >= 0.6 is 11.3 Å². The van der Waals surface area contributed by atoms with Crippen LogP contribution in [0.1, 0.15) is 9.88 Å². The van der Waals surface area contributed by atoms with E-state index in [0.29, 0.717) is 0 Å². The van der Waals surface area contributed by atoms with Crippen molar-refractivity contribution in [3.8, 4) is 0 Å². The molecule has 0 saturated carbocycles. The molecule has 2 heteroatoms. The average Bonchev–Trinajstić information content (AvgIpc) is 1.72. The third-order valence-corrected chi connectivity index (χ3v) is 1.70. The second-order valence-corrected chi connectivity index (χ2v) is 2.34. The van der Waals surface area contributed by atoms with Crippen LogP contribution in [-0.4, -0.2) is 4.98 Å². The van der Waals surface area contributed by atoms with Crippen LogP contribution in [0.4, 0.5) is 0 Å². The van der Waals surface area contributed by atoms with Gasteiger partial charge in [0.25, 0.3) is 0 Å². The zero-order valence-electron chi connectivity index (χ0n) is 3.01. The van der Waals surface area contributed by atoms with Gasteiger partial charge in [-0.2, -0.15) is 0 Å². The molecule has 0 spiro atoms. The Hall–Kier alpha value is -0.370. The summed E-state index contributed by atoms with van der Waals surface area (Å²) in [6.07, 6.45) is 3.96. The second kappa shape index (κ2) is 0.658. The zero-order valence-corrected chi connectivity index (χ0v) is 3.83. The molecule has 0 aromatic carbocycles. The number of aromatic nitrogens is 1. The number of hydrogen-bond acceptors (Lipinski definition) is 2. The van der Waals surface area contributed by atoms with Crippen LogP contribution in [0, 0.1) is 6.42 Å². The van der Waals surface area contributed by atoms with E-state index in [1.54, 1.807) is 11.3 Å². The van der Waals surface area contributed by atoms with Gasteiger partial charge in [0.15, 0.2) is 0 Å². The molecule has 1 aromatic rings. The molecule has 1 nitrogen and oxygen atoms in total. The standard InChI is InChI=1S/C4H2NS/c1-3-2-5-4(1)6-3/h1-2H. The van der Waals surface area contributed by atoms with Gasteiger partial charge in [-0.25, -0.2) is 4.98 Å². The van der Waals surface area contributed by atoms with Crippen LogP contribution in [0.5, 0.6) is 0 Å². The molecule has 6 heavy (non-hydrogen) atoms. The van der Waals surface area contributed by atoms with Crippen molar-refractivity contribution in [1.82, 2.24) is 4.98 Å². The van der Waals surface area contributed by atoms with Crippen LogP contribution in [0.3, 0.4) is 0 Å². The Balaban J connectivity index is 2.95. The molecule has 3 rings (SSSR count). The van der Waals surface area contributed by atoms with Gasteiger partial charge in [0.1, 0.15) is 5.01 Å². The summed E-state index contributed by atoms with van der Waals surface area (Å²) in [4.78, 5) is 5.28. The van der Waals surface area contributed by atoms with Crippen LogP contribution in [0.15, 0.2) is 6.20 Å². The Bertz CT molecular complexity index is 144. The number of fused-ring (bicyclic) bond motifs is 1. The minimum absolute atomic E-state index is 1.17. The molecule has 29 valence electrons. The van der Waals surface area contributed by atoms with Crippen LogP contribution < -0.4 is 0 Å². The summed E-state index contributed by atoms with van der Waals surface area (Å²) in [7, 11) is 0. The van der Waals surface area contributed by atoms with Gasteiger partial charge < -0.3 is 0 Å². The maximum absolute atomic E-state index is 3.97. The largest absolute Gasteiger partial charge is 0.249 e. The lowest BCUT2D eigenvalue weighted by molar-refractivity contribution is 1.40. The molecule has 0 saturated heterocycles. The molecule has 1 radical (unpaired) electrons. The van der Waals surface area contributed by atoms with Crippen molar-refractivity contribution in [2.75, 3.05) is 0 Å². The molecule has 2 aliphatic heterocycles. The van der Waals surface area contributed by atoms with E-state index in [1.165, 1.54) is 9.88 Å². The molecule has 1 aromatic heterocycles. The Labute approximate surface area is 39.7 Å². The molecule has 0 N–H and O–H groups in total. The molecule has 0 amide bonds. The normalized spacial score (nSPS) is 14.0. The van der Waals surface area contributed by atoms with Crippen molar-refractivity contribution < 1.29 is 0 Å². The Morgan fingerprint density at radius 3 is 2.67 bits per heavy atom. The number of rotatable bonds is 0. The molecule has 2 bridgehead atoms. The lowest BCUT2D eigenvalue weighted by Gasteiger charge is -1.93. The summed E-state index contributed by atoms with van der Waals surface area (Å²) in [6.45, 7) is 0. The minimum atomic E-state index is 1.17. The van der Waals surface area contributed by atoms with E-state index in [2.05, 4.69) is 11.4 Å². The molecule has 0 aliphatic carbocycles. The van der Waals surface area contributed by atoms with E-state index < -0.39 is 0 Å². The first-order valence-electron chi connectivity index (χ1n) is 1.76. The monoisotopic (exact) mass is 96.0 g/mol. The first-order valence-corrected chi connectivity index (χ1v) is 2.57. The van der Waals surface area contributed by atoms with Gasteiger partial charge in [-0.15, -0.1) is 11.3 Å². The third-order valence-electron chi connectivity index (χ3n) is 0.807. The summed E-state index contributed by atoms with van der Waals surface area (Å²) >= 11 is 1.75. The van der Waals surface area contributed by atoms with Crippen LogP contribution in [0.25, 0.3) is 0 Å². The molecule has 0 unspecified atom stereocenters. The smallest absolute Gasteiger partial charge is 0.102 e. The first kappa shape index (κ1) is 2.75. The highest BCUT2D eigenvalue weighted by molar-refractivity contribution is 7.15. The van der Waals surface area contributed by atoms with Gasteiger partial charge in [-0.1, -0.05) is 0 Å². The average molecular weight is 96.1 g/mol. The third kappa shape index (κ3) is 0.157. The maximum Gasteiger partial charge on any atom is 0.102 e. The predicted octanol–water partition coefficient (Wildman–Crippen LogP) is 1.06. The second-order valence-electron chi connectivity index (χ2n) is 1.25. The SMILES string of the molecule is [CH]1c2cnc1s2. The van der Waals surface area contributed by atoms with Crippen molar-refractivity contribution in [1.29, 1.82) is 0 Å². The number of thiazole rings is 1. The Kier molecular flexibility index (Phi) is 0.301. The number of nitrogens with zero attached hydrogens (tertiary/aromatic N) is 1. The quantitative estimate of drug-likeness (QED) is 0.478. The maximum atomic E-state index is 3.97. The van der Waals surface area contributed by atoms with Crippen molar-refractivity contribution in [2.24, 2.45) is 0 Å². The van der Waals surface area contributed by atoms with Gasteiger partial charge in [0.05, 0.1) is 6.42 Å². The van der Waals surface area contributed by atoms with E-state index in [-0.39, 0.29) is 0 Å². The molecule has 0 fully saturated rings. The highest BCUT2D eigenvalue weighted by atomic mass is 32.1. The van der Waals surface area contributed by atoms with Gasteiger partial charge >= 0.3 is 0 Å². The number of hydrogen-bond donors (Lipinski definition) is 0. The Morgan fingerprint density at radius 1 is 1.67 bits per heavy atom.